The van der Waals surface area contributed by atoms with Crippen molar-refractivity contribution in [3.63, 3.8) is 0 Å². The second kappa shape index (κ2) is 32.1. The molecule has 0 N–H and O–H groups in total. The van der Waals surface area contributed by atoms with E-state index in [1.165, 1.54) is 141 Å². The first-order valence-corrected chi connectivity index (χ1v) is 23.7. The number of allylic oxidation sites excluding steroid dienone is 1. The van der Waals surface area contributed by atoms with Crippen molar-refractivity contribution >= 4 is 5.69 Å². The van der Waals surface area contributed by atoms with Gasteiger partial charge in [0.2, 0.25) is 0 Å². The molecule has 1 aromatic carbocycles. The van der Waals surface area contributed by atoms with Crippen LogP contribution in [-0.4, -0.2) is 65.6 Å². The number of unbranched alkanes of at least 4 members (excludes halogenated alkanes) is 20. The minimum Gasteiger partial charge on any atom is -0.501 e. The minimum absolute atomic E-state index is 0.146. The first kappa shape index (κ1) is 50.3. The molecular weight excluding hydrogens is 707 g/mol. The highest BCUT2D eigenvalue weighted by Gasteiger charge is 2.36. The summed E-state index contributed by atoms with van der Waals surface area (Å²) < 4.78 is 24.7. The summed E-state index contributed by atoms with van der Waals surface area (Å²) in [7, 11) is 6.88. The van der Waals surface area contributed by atoms with Crippen LogP contribution in [0.15, 0.2) is 35.3 Å². The van der Waals surface area contributed by atoms with Crippen molar-refractivity contribution in [2.75, 3.05) is 59.5 Å². The first-order chi connectivity index (χ1) is 28.0. The van der Waals surface area contributed by atoms with Gasteiger partial charge in [0.1, 0.15) is 28.9 Å². The molecule has 7 nitrogen and oxygen atoms in total. The Morgan fingerprint density at radius 2 is 0.965 bits per heavy atom. The Bertz CT molecular complexity index is 1230. The number of methoxy groups -OCH3 is 4. The zero-order valence-corrected chi connectivity index (χ0v) is 38.4. The number of rotatable bonds is 36. The summed E-state index contributed by atoms with van der Waals surface area (Å²) in [6, 6.07) is 7.06. The first-order valence-electron chi connectivity index (χ1n) is 23.7. The van der Waals surface area contributed by atoms with Gasteiger partial charge in [0.25, 0.3) is 0 Å². The lowest BCUT2D eigenvalue weighted by Gasteiger charge is -2.35. The largest absolute Gasteiger partial charge is 0.501 e. The highest BCUT2D eigenvalue weighted by molar-refractivity contribution is 5.65. The normalized spacial score (nSPS) is 14.7. The smallest absolute Gasteiger partial charge is 0.129 e. The summed E-state index contributed by atoms with van der Waals surface area (Å²) in [4.78, 5) is 5.16. The van der Waals surface area contributed by atoms with Gasteiger partial charge in [-0.3, -0.25) is 4.90 Å². The lowest BCUT2D eigenvalue weighted by atomic mass is 9.84. The average molecular weight is 794 g/mol. The van der Waals surface area contributed by atoms with E-state index in [0.29, 0.717) is 23.7 Å². The Morgan fingerprint density at radius 1 is 0.561 bits per heavy atom. The van der Waals surface area contributed by atoms with Gasteiger partial charge in [0, 0.05) is 43.4 Å². The van der Waals surface area contributed by atoms with Crippen LogP contribution in [0.3, 0.4) is 0 Å². The predicted octanol–water partition coefficient (Wildman–Crippen LogP) is 14.1. The van der Waals surface area contributed by atoms with Gasteiger partial charge in [-0.1, -0.05) is 156 Å². The van der Waals surface area contributed by atoms with Gasteiger partial charge in [-0.2, -0.15) is 5.26 Å². The van der Waals surface area contributed by atoms with Crippen LogP contribution in [0.4, 0.5) is 5.69 Å². The monoisotopic (exact) mass is 794 g/mol. The topological polar surface area (TPSA) is 67.2 Å². The third-order valence-corrected chi connectivity index (χ3v) is 12.0. The summed E-state index contributed by atoms with van der Waals surface area (Å²) >= 11 is 0. The number of anilines is 1. The molecule has 2 unspecified atom stereocenters. The van der Waals surface area contributed by atoms with Crippen LogP contribution in [-0.2, 0) is 9.47 Å². The number of nitrogens with zero attached hydrogens (tertiary/aromatic N) is 3. The fourth-order valence-corrected chi connectivity index (χ4v) is 8.51. The van der Waals surface area contributed by atoms with Crippen LogP contribution < -0.4 is 14.4 Å². The van der Waals surface area contributed by atoms with E-state index in [2.05, 4.69) is 61.8 Å². The van der Waals surface area contributed by atoms with E-state index in [1.807, 2.05) is 0 Å². The van der Waals surface area contributed by atoms with Gasteiger partial charge >= 0.3 is 0 Å². The molecule has 1 aliphatic rings. The fraction of sp³-hybridized carbons (Fsp3) is 0.780. The lowest BCUT2D eigenvalue weighted by molar-refractivity contribution is 0.171. The van der Waals surface area contributed by atoms with Gasteiger partial charge < -0.3 is 23.8 Å². The van der Waals surface area contributed by atoms with E-state index in [-0.39, 0.29) is 6.04 Å². The van der Waals surface area contributed by atoms with Crippen LogP contribution in [0.1, 0.15) is 200 Å². The molecule has 0 fully saturated rings. The van der Waals surface area contributed by atoms with Gasteiger partial charge in [-0.05, 0) is 44.8 Å². The summed E-state index contributed by atoms with van der Waals surface area (Å²) in [5.74, 6) is 2.16. The molecule has 57 heavy (non-hydrogen) atoms. The van der Waals surface area contributed by atoms with Gasteiger partial charge in [0.15, 0.2) is 0 Å². The molecule has 1 aromatic rings. The average Bonchev–Trinajstić information content (AvgIpc) is 3.24. The highest BCUT2D eigenvalue weighted by atomic mass is 16.5. The SMILES string of the molecule is CCCCCCCCN(CCCCCCCC)c1cc(OC)c(C(C#N)C2=C(OC)CC(N(CCCCCCCC)CCCCCCCC)C=C2OC)c(OC)c1. The van der Waals surface area contributed by atoms with Crippen molar-refractivity contribution in [2.45, 2.75) is 200 Å². The van der Waals surface area contributed by atoms with E-state index >= 15 is 0 Å². The summed E-state index contributed by atoms with van der Waals surface area (Å²) in [6.45, 7) is 13.2. The second-order valence-electron chi connectivity index (χ2n) is 16.5. The molecule has 0 bridgehead atoms. The molecule has 7 heteroatoms. The van der Waals surface area contributed by atoms with Crippen molar-refractivity contribution in [1.29, 1.82) is 5.26 Å². The maximum atomic E-state index is 11.0. The van der Waals surface area contributed by atoms with Crippen molar-refractivity contribution < 1.29 is 18.9 Å². The molecular formula is C50H87N3O4. The maximum Gasteiger partial charge on any atom is 0.129 e. The molecule has 0 radical (unpaired) electrons. The molecule has 326 valence electrons. The molecule has 0 aromatic heterocycles. The third-order valence-electron chi connectivity index (χ3n) is 12.0. The van der Waals surface area contributed by atoms with Crippen LogP contribution >= 0.6 is 0 Å². The molecule has 0 saturated heterocycles. The van der Waals surface area contributed by atoms with Crippen LogP contribution in [0.25, 0.3) is 0 Å². The van der Waals surface area contributed by atoms with Crippen LogP contribution in [0.2, 0.25) is 0 Å². The van der Waals surface area contributed by atoms with E-state index in [0.717, 1.165) is 61.6 Å². The van der Waals surface area contributed by atoms with Crippen molar-refractivity contribution in [3.05, 3.63) is 40.9 Å². The Balaban J connectivity index is 2.44. The van der Waals surface area contributed by atoms with Gasteiger partial charge in [-0.25, -0.2) is 0 Å². The van der Waals surface area contributed by atoms with Crippen LogP contribution in [0, 0.1) is 11.3 Å². The van der Waals surface area contributed by atoms with E-state index in [1.54, 1.807) is 28.4 Å². The number of benzene rings is 1. The van der Waals surface area contributed by atoms with Crippen LogP contribution in [0.5, 0.6) is 11.5 Å². The molecule has 0 aliphatic heterocycles. The number of hydrogen-bond acceptors (Lipinski definition) is 7. The van der Waals surface area contributed by atoms with Gasteiger partial charge in [-0.15, -0.1) is 0 Å². The molecule has 0 saturated carbocycles. The Morgan fingerprint density at radius 3 is 1.33 bits per heavy atom. The number of nitriles is 1. The minimum atomic E-state index is -0.692. The second-order valence-corrected chi connectivity index (χ2v) is 16.5. The Labute approximate surface area is 351 Å². The van der Waals surface area contributed by atoms with E-state index in [4.69, 9.17) is 18.9 Å². The number of ether oxygens (including phenoxy) is 4. The molecule has 1 aliphatic carbocycles. The molecule has 0 amide bonds. The summed E-state index contributed by atoms with van der Waals surface area (Å²) in [6.07, 6.45) is 33.5. The Kier molecular flexibility index (Phi) is 28.3. The fourth-order valence-electron chi connectivity index (χ4n) is 8.51. The molecule has 0 heterocycles. The quantitative estimate of drug-likeness (QED) is 0.0627. The highest BCUT2D eigenvalue weighted by Crippen LogP contribution is 2.46. The lowest BCUT2D eigenvalue weighted by Crippen LogP contribution is -2.38. The van der Waals surface area contributed by atoms with Gasteiger partial charge in [0.05, 0.1) is 45.6 Å². The summed E-state index contributed by atoms with van der Waals surface area (Å²) in [5.41, 5.74) is 2.60. The van der Waals surface area contributed by atoms with Crippen molar-refractivity contribution in [2.24, 2.45) is 0 Å². The number of hydrogen-bond donors (Lipinski definition) is 0. The van der Waals surface area contributed by atoms with E-state index < -0.39 is 5.92 Å². The van der Waals surface area contributed by atoms with E-state index in [9.17, 15) is 5.26 Å². The maximum absolute atomic E-state index is 11.0. The van der Waals surface area contributed by atoms with Crippen molar-refractivity contribution in [1.82, 2.24) is 4.90 Å². The molecule has 2 atom stereocenters. The molecule has 0 spiro atoms. The third kappa shape index (κ3) is 18.3. The zero-order chi connectivity index (χ0) is 41.5. The van der Waals surface area contributed by atoms with Crippen molar-refractivity contribution in [3.8, 4) is 17.6 Å². The zero-order valence-electron chi connectivity index (χ0n) is 38.4. The predicted molar refractivity (Wildman–Crippen MR) is 243 cm³/mol. The summed E-state index contributed by atoms with van der Waals surface area (Å²) in [5, 5.41) is 11.0. The standard InChI is InChI=1S/C50H87N3O4/c1-9-13-17-21-25-29-33-52(34-30-26-22-18-14-10-2)42-37-45(54-5)49(46(38-42)55-6)44(41-51)50-47(56-7)39-43(40-48(50)57-8)53(35-31-27-23-19-15-11-3)36-32-28-24-20-16-12-4/h37-39,43-44H,9-36,40H2,1-8H3. The molecule has 2 rings (SSSR count). The Hall–Kier alpha value is -2.85.